The number of rotatable bonds is 14. The molecular weight excluding hydrogens is 468 g/mol. The van der Waals surface area contributed by atoms with Crippen LogP contribution in [0.5, 0.6) is 11.5 Å². The number of nitrogens with zero attached hydrogens (tertiary/aromatic N) is 2. The Balaban J connectivity index is 1.96. The molecule has 0 aliphatic carbocycles. The van der Waals surface area contributed by atoms with E-state index >= 15 is 0 Å². The number of amides is 1. The van der Waals surface area contributed by atoms with Crippen LogP contribution in [0.3, 0.4) is 0 Å². The quantitative estimate of drug-likeness (QED) is 0.209. The molecule has 1 fully saturated rings. The summed E-state index contributed by atoms with van der Waals surface area (Å²) in [6.45, 7) is 7.69. The molecule has 200 valence electrons. The Morgan fingerprint density at radius 1 is 0.892 bits per heavy atom. The lowest BCUT2D eigenvalue weighted by molar-refractivity contribution is -0.140. The van der Waals surface area contributed by atoms with Crippen LogP contribution in [0.1, 0.15) is 63.1 Å². The minimum absolute atomic E-state index is 0.0947. The highest BCUT2D eigenvalue weighted by molar-refractivity contribution is 6.46. The van der Waals surface area contributed by atoms with E-state index in [1.807, 2.05) is 12.1 Å². The fourth-order valence-corrected chi connectivity index (χ4v) is 4.80. The second-order valence-electron chi connectivity index (χ2n) is 9.38. The Bertz CT molecular complexity index is 1070. The van der Waals surface area contributed by atoms with Gasteiger partial charge in [-0.2, -0.15) is 0 Å². The summed E-state index contributed by atoms with van der Waals surface area (Å²) in [5.74, 6) is -0.390. The van der Waals surface area contributed by atoms with Gasteiger partial charge < -0.3 is 24.4 Å². The zero-order valence-electron chi connectivity index (χ0n) is 22.5. The molecule has 0 aromatic heterocycles. The standard InChI is InChI=1S/C30H40N2O5/c1-5-7-17-31(18-8-6-2)19-12-20-32-27(23-15-16-24(36-3)25(21-23)37-4)26(29(34)30(32)35)28(33)22-13-10-9-11-14-22/h9-11,13-16,21,27,33H,5-8,12,17-20H2,1-4H3/t27-/m1/s1. The Morgan fingerprint density at radius 3 is 2.11 bits per heavy atom. The summed E-state index contributed by atoms with van der Waals surface area (Å²) in [5.41, 5.74) is 1.27. The zero-order valence-corrected chi connectivity index (χ0v) is 22.5. The maximum absolute atomic E-state index is 13.3. The smallest absolute Gasteiger partial charge is 0.295 e. The first kappa shape index (κ1) is 28.3. The first-order chi connectivity index (χ1) is 18.0. The van der Waals surface area contributed by atoms with Crippen molar-refractivity contribution in [1.82, 2.24) is 9.80 Å². The van der Waals surface area contributed by atoms with Gasteiger partial charge in [-0.1, -0.05) is 63.1 Å². The minimum Gasteiger partial charge on any atom is -0.507 e. The largest absolute Gasteiger partial charge is 0.507 e. The summed E-state index contributed by atoms with van der Waals surface area (Å²) in [6, 6.07) is 13.5. The Morgan fingerprint density at radius 2 is 1.51 bits per heavy atom. The van der Waals surface area contributed by atoms with E-state index in [4.69, 9.17) is 9.47 Å². The van der Waals surface area contributed by atoms with Gasteiger partial charge in [0.15, 0.2) is 11.5 Å². The molecule has 0 bridgehead atoms. The molecule has 0 saturated carbocycles. The van der Waals surface area contributed by atoms with Crippen molar-refractivity contribution in [3.63, 3.8) is 0 Å². The molecule has 7 heteroatoms. The van der Waals surface area contributed by atoms with Crippen molar-refractivity contribution in [3.05, 3.63) is 65.2 Å². The maximum atomic E-state index is 13.3. The van der Waals surface area contributed by atoms with Crippen LogP contribution in [-0.4, -0.2) is 67.0 Å². The summed E-state index contributed by atoms with van der Waals surface area (Å²) in [7, 11) is 3.10. The second kappa shape index (κ2) is 13.8. The summed E-state index contributed by atoms with van der Waals surface area (Å²) in [6.07, 6.45) is 5.27. The van der Waals surface area contributed by atoms with Crippen molar-refractivity contribution in [1.29, 1.82) is 0 Å². The number of benzene rings is 2. The number of aliphatic hydroxyl groups excluding tert-OH is 1. The summed E-state index contributed by atoms with van der Waals surface area (Å²) >= 11 is 0. The van der Waals surface area contributed by atoms with Gasteiger partial charge in [-0.05, 0) is 56.6 Å². The highest BCUT2D eigenvalue weighted by Gasteiger charge is 2.46. The number of ether oxygens (including phenoxy) is 2. The van der Waals surface area contributed by atoms with Crippen molar-refractivity contribution in [2.75, 3.05) is 40.4 Å². The van der Waals surface area contributed by atoms with Crippen LogP contribution in [-0.2, 0) is 9.59 Å². The van der Waals surface area contributed by atoms with Gasteiger partial charge in [0.25, 0.3) is 11.7 Å². The van der Waals surface area contributed by atoms with Gasteiger partial charge in [0, 0.05) is 12.1 Å². The number of unbranched alkanes of at least 4 members (excludes halogenated alkanes) is 2. The van der Waals surface area contributed by atoms with Crippen LogP contribution in [0.15, 0.2) is 54.1 Å². The van der Waals surface area contributed by atoms with Crippen molar-refractivity contribution in [2.24, 2.45) is 0 Å². The maximum Gasteiger partial charge on any atom is 0.295 e. The number of carbonyl (C=O) groups excluding carboxylic acids is 2. The molecule has 1 atom stereocenters. The van der Waals surface area contributed by atoms with Gasteiger partial charge in [0.05, 0.1) is 25.8 Å². The molecule has 2 aromatic carbocycles. The molecule has 0 radical (unpaired) electrons. The molecule has 37 heavy (non-hydrogen) atoms. The number of carbonyl (C=O) groups is 2. The topological polar surface area (TPSA) is 79.3 Å². The van der Waals surface area contributed by atoms with Gasteiger partial charge in [-0.25, -0.2) is 0 Å². The van der Waals surface area contributed by atoms with Crippen LogP contribution >= 0.6 is 0 Å². The van der Waals surface area contributed by atoms with Gasteiger partial charge in [-0.3, -0.25) is 9.59 Å². The predicted octanol–water partition coefficient (Wildman–Crippen LogP) is 5.42. The lowest BCUT2D eigenvalue weighted by Crippen LogP contribution is -2.34. The molecule has 0 spiro atoms. The average molecular weight is 509 g/mol. The Hall–Kier alpha value is -3.32. The molecule has 1 aliphatic heterocycles. The number of likely N-dealkylation sites (tertiary alicyclic amines) is 1. The lowest BCUT2D eigenvalue weighted by Gasteiger charge is -2.28. The fraction of sp³-hybridized carbons (Fsp3) is 0.467. The number of Topliss-reactive ketones (excluding diaryl/α,β-unsaturated/α-hetero) is 1. The van der Waals surface area contributed by atoms with Crippen molar-refractivity contribution < 1.29 is 24.2 Å². The Kier molecular flexibility index (Phi) is 10.6. The van der Waals surface area contributed by atoms with Gasteiger partial charge >= 0.3 is 0 Å². The molecule has 0 unspecified atom stereocenters. The summed E-state index contributed by atoms with van der Waals surface area (Å²) in [4.78, 5) is 30.6. The van der Waals surface area contributed by atoms with Crippen LogP contribution in [0.25, 0.3) is 5.76 Å². The number of ketones is 1. The molecular formula is C30H40N2O5. The van der Waals surface area contributed by atoms with E-state index in [-0.39, 0.29) is 11.3 Å². The number of hydrogen-bond donors (Lipinski definition) is 1. The first-order valence-electron chi connectivity index (χ1n) is 13.2. The normalized spacial score (nSPS) is 17.0. The van der Waals surface area contributed by atoms with E-state index < -0.39 is 17.7 Å². The van der Waals surface area contributed by atoms with E-state index in [9.17, 15) is 14.7 Å². The minimum atomic E-state index is -0.722. The van der Waals surface area contributed by atoms with E-state index in [2.05, 4.69) is 18.7 Å². The molecule has 1 heterocycles. The highest BCUT2D eigenvalue weighted by atomic mass is 16.5. The first-order valence-corrected chi connectivity index (χ1v) is 13.2. The molecule has 7 nitrogen and oxygen atoms in total. The van der Waals surface area contributed by atoms with Crippen LogP contribution in [0.2, 0.25) is 0 Å². The number of hydrogen-bond acceptors (Lipinski definition) is 6. The SMILES string of the molecule is CCCCN(CCCC)CCCN1C(=O)C(=O)C(=C(O)c2ccccc2)[C@H]1c1ccc(OC)c(OC)c1. The van der Waals surface area contributed by atoms with Crippen LogP contribution in [0, 0.1) is 0 Å². The van der Waals surface area contributed by atoms with Gasteiger partial charge in [0.2, 0.25) is 0 Å². The van der Waals surface area contributed by atoms with E-state index in [1.54, 1.807) is 55.5 Å². The molecule has 1 aliphatic rings. The molecule has 1 N–H and O–H groups in total. The third-order valence-electron chi connectivity index (χ3n) is 6.84. The second-order valence-corrected chi connectivity index (χ2v) is 9.38. The van der Waals surface area contributed by atoms with Crippen molar-refractivity contribution in [2.45, 2.75) is 52.0 Å². The lowest BCUT2D eigenvalue weighted by atomic mass is 9.95. The van der Waals surface area contributed by atoms with Crippen molar-refractivity contribution >= 4 is 17.4 Å². The monoisotopic (exact) mass is 508 g/mol. The number of aliphatic hydroxyl groups is 1. The Labute approximate surface area is 220 Å². The average Bonchev–Trinajstić information content (AvgIpc) is 3.18. The summed E-state index contributed by atoms with van der Waals surface area (Å²) in [5, 5.41) is 11.2. The highest BCUT2D eigenvalue weighted by Crippen LogP contribution is 2.42. The van der Waals surface area contributed by atoms with Crippen molar-refractivity contribution in [3.8, 4) is 11.5 Å². The molecule has 1 saturated heterocycles. The van der Waals surface area contributed by atoms with E-state index in [0.717, 1.165) is 51.7 Å². The van der Waals surface area contributed by atoms with Crippen LogP contribution < -0.4 is 9.47 Å². The third-order valence-corrected chi connectivity index (χ3v) is 6.84. The van der Waals surface area contributed by atoms with Crippen LogP contribution in [0.4, 0.5) is 0 Å². The molecule has 1 amide bonds. The fourth-order valence-electron chi connectivity index (χ4n) is 4.80. The zero-order chi connectivity index (χ0) is 26.8. The van der Waals surface area contributed by atoms with Gasteiger partial charge in [-0.15, -0.1) is 0 Å². The van der Waals surface area contributed by atoms with E-state index in [1.165, 1.54) is 0 Å². The number of methoxy groups -OCH3 is 2. The third kappa shape index (κ3) is 6.72. The predicted molar refractivity (Wildman–Crippen MR) is 146 cm³/mol. The van der Waals surface area contributed by atoms with E-state index in [0.29, 0.717) is 29.2 Å². The summed E-state index contributed by atoms with van der Waals surface area (Å²) < 4.78 is 10.9. The van der Waals surface area contributed by atoms with Gasteiger partial charge in [0.1, 0.15) is 5.76 Å². The molecule has 3 rings (SSSR count). The molecule has 2 aromatic rings.